The molecule has 1 aromatic rings. The number of methoxy groups -OCH3 is 1. The SMILES string of the molecule is COC(=O)C1CC2CCCCC2C1NC(=O)CN1CCC(Oc2ccccn2)CC1. The molecule has 0 radical (unpaired) electrons. The van der Waals surface area contributed by atoms with Gasteiger partial charge in [0, 0.05) is 31.4 Å². The molecule has 1 N–H and O–H groups in total. The van der Waals surface area contributed by atoms with Crippen molar-refractivity contribution in [1.29, 1.82) is 0 Å². The highest BCUT2D eigenvalue weighted by atomic mass is 16.5. The van der Waals surface area contributed by atoms with Crippen LogP contribution in [-0.4, -0.2) is 60.7 Å². The standard InChI is InChI=1S/C23H33N3O4/c1-29-23(28)19-14-16-6-2-3-7-18(16)22(19)25-20(27)15-26-12-9-17(10-13-26)30-21-8-4-5-11-24-21/h4-5,8,11,16-19,22H,2-3,6-7,9-10,12-15H2,1H3,(H,25,27). The Balaban J connectivity index is 1.27. The van der Waals surface area contributed by atoms with Gasteiger partial charge in [-0.05, 0) is 43.6 Å². The third kappa shape index (κ3) is 4.94. The summed E-state index contributed by atoms with van der Waals surface area (Å²) in [5.74, 6) is 1.23. The molecule has 1 amide bonds. The predicted molar refractivity (Wildman–Crippen MR) is 112 cm³/mol. The number of amides is 1. The summed E-state index contributed by atoms with van der Waals surface area (Å²) < 4.78 is 11.0. The molecule has 4 unspecified atom stereocenters. The predicted octanol–water partition coefficient (Wildman–Crippen LogP) is 2.41. The van der Waals surface area contributed by atoms with Gasteiger partial charge in [-0.3, -0.25) is 14.5 Å². The molecule has 164 valence electrons. The van der Waals surface area contributed by atoms with Crippen LogP contribution in [0.25, 0.3) is 0 Å². The Morgan fingerprint density at radius 1 is 1.17 bits per heavy atom. The second kappa shape index (κ2) is 9.77. The molecule has 0 spiro atoms. The Labute approximate surface area is 178 Å². The lowest BCUT2D eigenvalue weighted by Crippen LogP contribution is -2.50. The Bertz CT molecular complexity index is 720. The van der Waals surface area contributed by atoms with Crippen molar-refractivity contribution in [3.8, 4) is 5.88 Å². The quantitative estimate of drug-likeness (QED) is 0.719. The summed E-state index contributed by atoms with van der Waals surface area (Å²) in [5.41, 5.74) is 0. The van der Waals surface area contributed by atoms with Gasteiger partial charge in [0.1, 0.15) is 6.10 Å². The van der Waals surface area contributed by atoms with Gasteiger partial charge in [0.2, 0.25) is 11.8 Å². The molecule has 3 fully saturated rings. The molecule has 2 heterocycles. The lowest BCUT2D eigenvalue weighted by molar-refractivity contribution is -0.146. The fraction of sp³-hybridized carbons (Fsp3) is 0.696. The van der Waals surface area contributed by atoms with Crippen LogP contribution in [0.5, 0.6) is 5.88 Å². The minimum atomic E-state index is -0.204. The number of aromatic nitrogens is 1. The van der Waals surface area contributed by atoms with E-state index in [1.54, 1.807) is 6.20 Å². The first-order valence-corrected chi connectivity index (χ1v) is 11.3. The molecule has 0 bridgehead atoms. The van der Waals surface area contributed by atoms with Crippen LogP contribution in [0.4, 0.5) is 0 Å². The molecular weight excluding hydrogens is 382 g/mol. The summed E-state index contributed by atoms with van der Waals surface area (Å²) in [6.07, 6.45) is 9.14. The summed E-state index contributed by atoms with van der Waals surface area (Å²) in [4.78, 5) is 31.5. The second-order valence-electron chi connectivity index (χ2n) is 8.93. The molecule has 1 saturated heterocycles. The molecular formula is C23H33N3O4. The molecule has 1 aliphatic heterocycles. The van der Waals surface area contributed by atoms with Crippen LogP contribution in [0.2, 0.25) is 0 Å². The molecule has 2 saturated carbocycles. The van der Waals surface area contributed by atoms with Crippen LogP contribution in [0.3, 0.4) is 0 Å². The maximum Gasteiger partial charge on any atom is 0.310 e. The minimum absolute atomic E-state index is 0.0178. The van der Waals surface area contributed by atoms with Crippen molar-refractivity contribution in [2.45, 2.75) is 57.1 Å². The third-order valence-electron chi connectivity index (χ3n) is 7.08. The number of nitrogens with zero attached hydrogens (tertiary/aromatic N) is 2. The summed E-state index contributed by atoms with van der Waals surface area (Å²) in [6.45, 7) is 2.02. The number of hydrogen-bond donors (Lipinski definition) is 1. The van der Waals surface area contributed by atoms with Crippen molar-refractivity contribution in [2.24, 2.45) is 17.8 Å². The summed E-state index contributed by atoms with van der Waals surface area (Å²) in [7, 11) is 1.44. The van der Waals surface area contributed by atoms with Gasteiger partial charge < -0.3 is 14.8 Å². The van der Waals surface area contributed by atoms with E-state index in [-0.39, 0.29) is 29.9 Å². The lowest BCUT2D eigenvalue weighted by Gasteiger charge is -2.33. The van der Waals surface area contributed by atoms with Crippen LogP contribution in [0, 0.1) is 17.8 Å². The largest absolute Gasteiger partial charge is 0.474 e. The maximum absolute atomic E-state index is 12.8. The Kier molecular flexibility index (Phi) is 6.87. The maximum atomic E-state index is 12.8. The zero-order valence-corrected chi connectivity index (χ0v) is 17.8. The van der Waals surface area contributed by atoms with E-state index in [4.69, 9.17) is 9.47 Å². The fourth-order valence-electron chi connectivity index (χ4n) is 5.58. The highest BCUT2D eigenvalue weighted by molar-refractivity contribution is 5.80. The van der Waals surface area contributed by atoms with E-state index < -0.39 is 0 Å². The minimum Gasteiger partial charge on any atom is -0.474 e. The summed E-state index contributed by atoms with van der Waals surface area (Å²) >= 11 is 0. The number of piperidine rings is 1. The van der Waals surface area contributed by atoms with E-state index in [9.17, 15) is 9.59 Å². The van der Waals surface area contributed by atoms with Gasteiger partial charge in [0.05, 0.1) is 19.6 Å². The molecule has 1 aromatic heterocycles. The van der Waals surface area contributed by atoms with Crippen LogP contribution in [0.15, 0.2) is 24.4 Å². The number of fused-ring (bicyclic) bond motifs is 1. The average molecular weight is 416 g/mol. The van der Waals surface area contributed by atoms with Crippen molar-refractivity contribution in [3.63, 3.8) is 0 Å². The summed E-state index contributed by atoms with van der Waals surface area (Å²) in [5, 5.41) is 3.22. The highest BCUT2D eigenvalue weighted by Gasteiger charge is 2.48. The highest BCUT2D eigenvalue weighted by Crippen LogP contribution is 2.45. The number of carbonyl (C=O) groups is 2. The number of ether oxygens (including phenoxy) is 2. The van der Waals surface area contributed by atoms with E-state index in [1.807, 2.05) is 18.2 Å². The lowest BCUT2D eigenvalue weighted by atomic mass is 9.80. The normalized spacial score (nSPS) is 29.8. The van der Waals surface area contributed by atoms with E-state index in [0.717, 1.165) is 45.2 Å². The topological polar surface area (TPSA) is 80.8 Å². The number of rotatable bonds is 6. The van der Waals surface area contributed by atoms with Gasteiger partial charge >= 0.3 is 5.97 Å². The zero-order valence-electron chi connectivity index (χ0n) is 17.8. The number of pyridine rings is 1. The first kappa shape index (κ1) is 21.1. The van der Waals surface area contributed by atoms with Crippen LogP contribution in [-0.2, 0) is 14.3 Å². The molecule has 0 aromatic carbocycles. The van der Waals surface area contributed by atoms with E-state index in [0.29, 0.717) is 24.3 Å². The first-order chi connectivity index (χ1) is 14.6. The first-order valence-electron chi connectivity index (χ1n) is 11.3. The molecule has 2 aliphatic carbocycles. The fourth-order valence-corrected chi connectivity index (χ4v) is 5.58. The number of nitrogens with one attached hydrogen (secondary N) is 1. The van der Waals surface area contributed by atoms with Gasteiger partial charge in [-0.25, -0.2) is 4.98 Å². The van der Waals surface area contributed by atoms with Crippen molar-refractivity contribution < 1.29 is 19.1 Å². The van der Waals surface area contributed by atoms with Gasteiger partial charge in [-0.1, -0.05) is 25.3 Å². The number of likely N-dealkylation sites (tertiary alicyclic amines) is 1. The average Bonchev–Trinajstić information content (AvgIpc) is 3.13. The number of hydrogen-bond acceptors (Lipinski definition) is 6. The summed E-state index contributed by atoms with van der Waals surface area (Å²) in [6, 6.07) is 5.58. The van der Waals surface area contributed by atoms with E-state index in [2.05, 4.69) is 15.2 Å². The third-order valence-corrected chi connectivity index (χ3v) is 7.08. The molecule has 4 atom stereocenters. The van der Waals surface area contributed by atoms with Gasteiger partial charge in [0.25, 0.3) is 0 Å². The zero-order chi connectivity index (χ0) is 20.9. The van der Waals surface area contributed by atoms with Crippen molar-refractivity contribution in [3.05, 3.63) is 24.4 Å². The van der Waals surface area contributed by atoms with E-state index >= 15 is 0 Å². The number of carbonyl (C=O) groups excluding carboxylic acids is 2. The molecule has 4 rings (SSSR count). The smallest absolute Gasteiger partial charge is 0.310 e. The monoisotopic (exact) mass is 415 g/mol. The molecule has 7 heteroatoms. The molecule has 7 nitrogen and oxygen atoms in total. The van der Waals surface area contributed by atoms with Crippen LogP contribution in [0.1, 0.15) is 44.9 Å². The van der Waals surface area contributed by atoms with Crippen molar-refractivity contribution in [1.82, 2.24) is 15.2 Å². The molecule has 30 heavy (non-hydrogen) atoms. The molecule has 3 aliphatic rings. The van der Waals surface area contributed by atoms with Crippen molar-refractivity contribution >= 4 is 11.9 Å². The van der Waals surface area contributed by atoms with Gasteiger partial charge in [-0.2, -0.15) is 0 Å². The second-order valence-corrected chi connectivity index (χ2v) is 8.93. The Morgan fingerprint density at radius 3 is 2.70 bits per heavy atom. The van der Waals surface area contributed by atoms with Gasteiger partial charge in [0.15, 0.2) is 0 Å². The van der Waals surface area contributed by atoms with Crippen LogP contribution >= 0.6 is 0 Å². The Hall–Kier alpha value is -2.15. The van der Waals surface area contributed by atoms with Gasteiger partial charge in [-0.15, -0.1) is 0 Å². The van der Waals surface area contributed by atoms with Crippen LogP contribution < -0.4 is 10.1 Å². The Morgan fingerprint density at radius 2 is 1.97 bits per heavy atom. The van der Waals surface area contributed by atoms with Crippen molar-refractivity contribution in [2.75, 3.05) is 26.7 Å². The van der Waals surface area contributed by atoms with E-state index in [1.165, 1.54) is 20.0 Å². The number of esters is 1.